The zero-order valence-corrected chi connectivity index (χ0v) is 16.8. The van der Waals surface area contributed by atoms with Gasteiger partial charge in [-0.15, -0.1) is 0 Å². The Morgan fingerprint density at radius 3 is 1.88 bits per heavy atom. The van der Waals surface area contributed by atoms with Crippen LogP contribution in [0.25, 0.3) is 0 Å². The molecule has 142 valence electrons. The molecular formula is C22H32N2O2. The summed E-state index contributed by atoms with van der Waals surface area (Å²) in [7, 11) is 0. The highest BCUT2D eigenvalue weighted by molar-refractivity contribution is 5.86. The number of nitrogens with one attached hydrogen (secondary N) is 2. The van der Waals surface area contributed by atoms with Crippen LogP contribution in [0.5, 0.6) is 0 Å². The molecule has 0 amide bonds. The summed E-state index contributed by atoms with van der Waals surface area (Å²) in [5.74, 6) is 0. The Morgan fingerprint density at radius 2 is 1.38 bits per heavy atom. The van der Waals surface area contributed by atoms with E-state index in [1.165, 1.54) is 0 Å². The smallest absolute Gasteiger partial charge is 0.152 e. The molecule has 0 aromatic heterocycles. The second-order valence-electron chi connectivity index (χ2n) is 7.01. The largest absolute Gasteiger partial charge is 0.392 e. The lowest BCUT2D eigenvalue weighted by atomic mass is 10.1. The van der Waals surface area contributed by atoms with Gasteiger partial charge in [-0.1, -0.05) is 24.3 Å². The minimum absolute atomic E-state index is 0.0989. The lowest BCUT2D eigenvalue weighted by molar-refractivity contribution is 0.112. The second-order valence-corrected chi connectivity index (χ2v) is 7.01. The lowest BCUT2D eigenvalue weighted by Gasteiger charge is -2.15. The van der Waals surface area contributed by atoms with Gasteiger partial charge in [-0.2, -0.15) is 0 Å². The minimum Gasteiger partial charge on any atom is -0.392 e. The van der Waals surface area contributed by atoms with Gasteiger partial charge >= 0.3 is 0 Å². The molecule has 4 nitrogen and oxygen atoms in total. The lowest BCUT2D eigenvalue weighted by Crippen LogP contribution is -2.12. The summed E-state index contributed by atoms with van der Waals surface area (Å²) in [5.41, 5.74) is 5.86. The van der Waals surface area contributed by atoms with Crippen molar-refractivity contribution in [1.82, 2.24) is 0 Å². The van der Waals surface area contributed by atoms with E-state index in [0.29, 0.717) is 12.1 Å². The molecule has 0 atom stereocenters. The summed E-state index contributed by atoms with van der Waals surface area (Å²) in [6, 6.07) is 12.6. The average molecular weight is 357 g/mol. The molecule has 0 aliphatic heterocycles. The summed E-state index contributed by atoms with van der Waals surface area (Å²) >= 11 is 0. The summed E-state index contributed by atoms with van der Waals surface area (Å²) < 4.78 is 0. The third kappa shape index (κ3) is 6.52. The standard InChI is InChI=1S/C11H17NO.C11H15NO/c2*1-8(2)12-11-6-4-5-9(3)10(11)7-13/h4-6,8,12-13H,7H2,1-3H3;4-8,12H,1-3H3. The maximum Gasteiger partial charge on any atom is 0.152 e. The van der Waals surface area contributed by atoms with Crippen molar-refractivity contribution in [1.29, 1.82) is 0 Å². The quantitative estimate of drug-likeness (QED) is 0.642. The second kappa shape index (κ2) is 10.6. The van der Waals surface area contributed by atoms with Gasteiger partial charge in [-0.3, -0.25) is 4.79 Å². The topological polar surface area (TPSA) is 61.4 Å². The number of carbonyl (C=O) groups is 1. The van der Waals surface area contributed by atoms with Crippen molar-refractivity contribution in [3.05, 3.63) is 58.7 Å². The molecule has 3 N–H and O–H groups in total. The zero-order chi connectivity index (χ0) is 19.7. The van der Waals surface area contributed by atoms with Gasteiger partial charge in [0.1, 0.15) is 0 Å². The normalized spacial score (nSPS) is 10.3. The van der Waals surface area contributed by atoms with Gasteiger partial charge < -0.3 is 15.7 Å². The molecule has 0 unspecified atom stereocenters. The molecular weight excluding hydrogens is 324 g/mol. The van der Waals surface area contributed by atoms with E-state index < -0.39 is 0 Å². The van der Waals surface area contributed by atoms with Crippen molar-refractivity contribution in [2.45, 2.75) is 60.2 Å². The SMILES string of the molecule is Cc1cccc(NC(C)C)c1C=O.Cc1cccc(NC(C)C)c1CO. The van der Waals surface area contributed by atoms with Crippen molar-refractivity contribution in [3.8, 4) is 0 Å². The van der Waals surface area contributed by atoms with E-state index in [2.05, 4.69) is 38.3 Å². The van der Waals surface area contributed by atoms with E-state index in [1.807, 2.05) is 50.2 Å². The Bertz CT molecular complexity index is 709. The molecule has 0 spiro atoms. The Morgan fingerprint density at radius 1 is 0.885 bits per heavy atom. The maximum atomic E-state index is 10.8. The van der Waals surface area contributed by atoms with Crippen molar-refractivity contribution in [2.24, 2.45) is 0 Å². The minimum atomic E-state index is 0.0989. The van der Waals surface area contributed by atoms with Crippen LogP contribution < -0.4 is 10.6 Å². The molecule has 2 rings (SSSR count). The van der Waals surface area contributed by atoms with Gasteiger partial charge in [0, 0.05) is 34.6 Å². The average Bonchev–Trinajstić information content (AvgIpc) is 2.55. The van der Waals surface area contributed by atoms with E-state index >= 15 is 0 Å². The number of aliphatic hydroxyl groups is 1. The first kappa shape index (κ1) is 21.7. The van der Waals surface area contributed by atoms with Crippen LogP contribution in [0, 0.1) is 13.8 Å². The van der Waals surface area contributed by atoms with Crippen molar-refractivity contribution in [2.75, 3.05) is 10.6 Å². The Labute approximate surface area is 157 Å². The van der Waals surface area contributed by atoms with E-state index in [4.69, 9.17) is 0 Å². The highest BCUT2D eigenvalue weighted by atomic mass is 16.3. The Balaban J connectivity index is 0.000000260. The number of anilines is 2. The van der Waals surface area contributed by atoms with Crippen LogP contribution in [0.2, 0.25) is 0 Å². The number of aryl methyl sites for hydroxylation is 2. The van der Waals surface area contributed by atoms with Crippen LogP contribution in [-0.2, 0) is 6.61 Å². The molecule has 0 bridgehead atoms. The monoisotopic (exact) mass is 356 g/mol. The zero-order valence-electron chi connectivity index (χ0n) is 16.8. The Kier molecular flexibility index (Phi) is 8.86. The van der Waals surface area contributed by atoms with Crippen molar-refractivity contribution >= 4 is 17.7 Å². The number of aliphatic hydroxyl groups excluding tert-OH is 1. The number of hydrogen-bond acceptors (Lipinski definition) is 4. The fourth-order valence-electron chi connectivity index (χ4n) is 2.63. The molecule has 0 saturated heterocycles. The van der Waals surface area contributed by atoms with E-state index in [0.717, 1.165) is 39.9 Å². The highest BCUT2D eigenvalue weighted by Gasteiger charge is 2.05. The first-order chi connectivity index (χ1) is 12.3. The molecule has 0 radical (unpaired) electrons. The predicted octanol–water partition coefficient (Wildman–Crippen LogP) is 4.94. The molecule has 0 aliphatic carbocycles. The van der Waals surface area contributed by atoms with Gasteiger partial charge in [0.25, 0.3) is 0 Å². The summed E-state index contributed by atoms with van der Waals surface area (Å²) in [6.45, 7) is 12.3. The van der Waals surface area contributed by atoms with Gasteiger partial charge in [0.05, 0.1) is 6.61 Å². The highest BCUT2D eigenvalue weighted by Crippen LogP contribution is 2.20. The van der Waals surface area contributed by atoms with E-state index in [9.17, 15) is 9.90 Å². The first-order valence-electron chi connectivity index (χ1n) is 9.07. The first-order valence-corrected chi connectivity index (χ1v) is 9.07. The maximum absolute atomic E-state index is 10.8. The molecule has 0 saturated carbocycles. The third-order valence-corrected chi connectivity index (χ3v) is 3.90. The molecule has 0 fully saturated rings. The van der Waals surface area contributed by atoms with E-state index in [-0.39, 0.29) is 6.61 Å². The summed E-state index contributed by atoms with van der Waals surface area (Å²) in [4.78, 5) is 10.8. The van der Waals surface area contributed by atoms with Crippen molar-refractivity contribution in [3.63, 3.8) is 0 Å². The number of benzene rings is 2. The van der Waals surface area contributed by atoms with Crippen LogP contribution in [0.1, 0.15) is 54.7 Å². The van der Waals surface area contributed by atoms with Crippen molar-refractivity contribution < 1.29 is 9.90 Å². The molecule has 26 heavy (non-hydrogen) atoms. The molecule has 4 heteroatoms. The van der Waals surface area contributed by atoms with Gasteiger partial charge in [0.15, 0.2) is 6.29 Å². The predicted molar refractivity (Wildman–Crippen MR) is 111 cm³/mol. The fourth-order valence-corrected chi connectivity index (χ4v) is 2.63. The summed E-state index contributed by atoms with van der Waals surface area (Å²) in [6.07, 6.45) is 0.903. The van der Waals surface area contributed by atoms with Crippen LogP contribution in [0.3, 0.4) is 0 Å². The molecule has 0 aliphatic rings. The number of carbonyl (C=O) groups excluding carboxylic acids is 1. The van der Waals surface area contributed by atoms with E-state index in [1.54, 1.807) is 0 Å². The van der Waals surface area contributed by atoms with Gasteiger partial charge in [-0.25, -0.2) is 0 Å². The van der Waals surface area contributed by atoms with Crippen LogP contribution in [0.4, 0.5) is 11.4 Å². The van der Waals surface area contributed by atoms with Crippen LogP contribution in [-0.4, -0.2) is 23.5 Å². The van der Waals surface area contributed by atoms with Gasteiger partial charge in [-0.05, 0) is 64.8 Å². The fraction of sp³-hybridized carbons (Fsp3) is 0.409. The van der Waals surface area contributed by atoms with Crippen LogP contribution in [0.15, 0.2) is 36.4 Å². The third-order valence-electron chi connectivity index (χ3n) is 3.90. The molecule has 0 heterocycles. The Hall–Kier alpha value is -2.33. The van der Waals surface area contributed by atoms with Gasteiger partial charge in [0.2, 0.25) is 0 Å². The number of rotatable bonds is 6. The number of hydrogen-bond donors (Lipinski definition) is 3. The molecule has 2 aromatic rings. The van der Waals surface area contributed by atoms with Crippen LogP contribution >= 0.6 is 0 Å². The summed E-state index contributed by atoms with van der Waals surface area (Å²) in [5, 5.41) is 15.7. The molecule has 2 aromatic carbocycles. The number of aldehydes is 1.